The van der Waals surface area contributed by atoms with E-state index < -0.39 is 0 Å². The average Bonchev–Trinajstić information content (AvgIpc) is 3.01. The van der Waals surface area contributed by atoms with Gasteiger partial charge in [0, 0.05) is 30.2 Å². The lowest BCUT2D eigenvalue weighted by Gasteiger charge is -2.10. The first-order valence-corrected chi connectivity index (χ1v) is 20.0. The van der Waals surface area contributed by atoms with E-state index in [1.807, 2.05) is 28.2 Å². The lowest BCUT2D eigenvalue weighted by atomic mass is 10.2. The number of nitrogens with one attached hydrogen (secondary N) is 8. The highest BCUT2D eigenvalue weighted by molar-refractivity contribution is 4.56. The Morgan fingerprint density at radius 3 is 0.938 bits per heavy atom. The zero-order valence-electron chi connectivity index (χ0n) is 37.9. The van der Waals surface area contributed by atoms with Crippen LogP contribution in [-0.4, -0.2) is 104 Å². The van der Waals surface area contributed by atoms with Gasteiger partial charge in [-0.2, -0.15) is 0 Å². The van der Waals surface area contributed by atoms with Crippen molar-refractivity contribution in [1.29, 1.82) is 0 Å². The quantitative estimate of drug-likeness (QED) is 0.0686. The maximum absolute atomic E-state index is 3.31. The summed E-state index contributed by atoms with van der Waals surface area (Å²) < 4.78 is 0. The van der Waals surface area contributed by atoms with Crippen LogP contribution in [0.1, 0.15) is 157 Å². The highest BCUT2D eigenvalue weighted by Gasteiger charge is 1.92. The summed E-state index contributed by atoms with van der Waals surface area (Å²) in [5.41, 5.74) is 0. The van der Waals surface area contributed by atoms with Crippen molar-refractivity contribution in [3.8, 4) is 0 Å². The molecule has 0 saturated carbocycles. The van der Waals surface area contributed by atoms with E-state index in [1.165, 1.54) is 45.2 Å². The van der Waals surface area contributed by atoms with E-state index >= 15 is 0 Å². The Hall–Kier alpha value is -0.320. The van der Waals surface area contributed by atoms with Gasteiger partial charge in [0.05, 0.1) is 0 Å². The van der Waals surface area contributed by atoms with Gasteiger partial charge >= 0.3 is 0 Å². The fourth-order valence-electron chi connectivity index (χ4n) is 2.77. The summed E-state index contributed by atoms with van der Waals surface area (Å²) in [4.78, 5) is 0. The predicted molar refractivity (Wildman–Crippen MR) is 230 cm³/mol. The maximum Gasteiger partial charge on any atom is 0.00331 e. The second kappa shape index (κ2) is 68.6. The lowest BCUT2D eigenvalue weighted by Crippen LogP contribution is -2.29. The second-order valence-electron chi connectivity index (χ2n) is 13.3. The van der Waals surface area contributed by atoms with Crippen molar-refractivity contribution >= 4 is 0 Å². The topological polar surface area (TPSA) is 96.2 Å². The molecule has 0 fully saturated rings. The van der Waals surface area contributed by atoms with E-state index in [1.54, 1.807) is 0 Å². The molecule has 0 bridgehead atoms. The summed E-state index contributed by atoms with van der Waals surface area (Å²) >= 11 is 0. The Morgan fingerprint density at radius 1 is 0.438 bits per heavy atom. The van der Waals surface area contributed by atoms with Gasteiger partial charge in [0.15, 0.2) is 0 Å². The summed E-state index contributed by atoms with van der Waals surface area (Å²) in [5.74, 6) is 0.787. The van der Waals surface area contributed by atoms with Crippen LogP contribution in [0.3, 0.4) is 0 Å². The van der Waals surface area contributed by atoms with Gasteiger partial charge < -0.3 is 42.5 Å². The van der Waals surface area contributed by atoms with Crippen molar-refractivity contribution in [2.45, 2.75) is 187 Å². The minimum atomic E-state index is 0.625. The Morgan fingerprint density at radius 2 is 0.875 bits per heavy atom. The first kappa shape index (κ1) is 66.0. The van der Waals surface area contributed by atoms with Crippen LogP contribution in [0.5, 0.6) is 0 Å². The predicted octanol–water partition coefficient (Wildman–Crippen LogP) is 7.90. The largest absolute Gasteiger partial charge is 0.320 e. The van der Waals surface area contributed by atoms with Crippen LogP contribution in [0.2, 0.25) is 0 Å². The molecule has 0 heterocycles. The Bertz CT molecular complexity index is 390. The molecule has 8 N–H and O–H groups in total. The molecule has 0 amide bonds. The molecule has 0 aliphatic heterocycles. The van der Waals surface area contributed by atoms with Gasteiger partial charge in [-0.25, -0.2) is 0 Å². The number of rotatable bonds is 18. The third kappa shape index (κ3) is 150. The van der Waals surface area contributed by atoms with Gasteiger partial charge in [0.2, 0.25) is 0 Å². The van der Waals surface area contributed by atoms with Gasteiger partial charge in [-0.05, 0) is 113 Å². The lowest BCUT2D eigenvalue weighted by molar-refractivity contribution is 0.518. The molecule has 0 aromatic rings. The highest BCUT2D eigenvalue weighted by Crippen LogP contribution is 1.84. The van der Waals surface area contributed by atoms with Crippen molar-refractivity contribution in [3.63, 3.8) is 0 Å². The van der Waals surface area contributed by atoms with E-state index in [0.717, 1.165) is 38.6 Å². The fraction of sp³-hybridized carbons (Fsp3) is 1.00. The summed E-state index contributed by atoms with van der Waals surface area (Å²) in [7, 11) is 7.88. The van der Waals surface area contributed by atoms with Crippen LogP contribution >= 0.6 is 0 Å². The van der Waals surface area contributed by atoms with Crippen LogP contribution in [0.4, 0.5) is 0 Å². The molecule has 0 aromatic heterocycles. The Balaban J connectivity index is -0.0000000637. The molecule has 8 nitrogen and oxygen atoms in total. The molecule has 0 aromatic carbocycles. The molecule has 0 saturated heterocycles. The molecule has 0 rings (SSSR count). The minimum Gasteiger partial charge on any atom is -0.320 e. The molecule has 0 aliphatic carbocycles. The van der Waals surface area contributed by atoms with E-state index in [-0.39, 0.29) is 0 Å². The van der Waals surface area contributed by atoms with Gasteiger partial charge in [0.1, 0.15) is 0 Å². The molecular formula is C40H104N8. The zero-order chi connectivity index (χ0) is 39.6. The van der Waals surface area contributed by atoms with Crippen LogP contribution in [0.15, 0.2) is 0 Å². The maximum atomic E-state index is 3.31. The summed E-state index contributed by atoms with van der Waals surface area (Å²) in [6.45, 7) is 46.6. The fourth-order valence-corrected chi connectivity index (χ4v) is 2.77. The molecule has 304 valence electrons. The van der Waals surface area contributed by atoms with Gasteiger partial charge in [-0.3, -0.25) is 0 Å². The highest BCUT2D eigenvalue weighted by atomic mass is 14.9. The van der Waals surface area contributed by atoms with Gasteiger partial charge in [0.25, 0.3) is 0 Å². The molecule has 1 atom stereocenters. The van der Waals surface area contributed by atoms with Gasteiger partial charge in [-0.15, -0.1) is 0 Å². The molecule has 0 spiro atoms. The SMILES string of the molecule is CC(C)NC(C)C.CCC(C)NC.CCCCNC.CCCNCCC.CCNC(C)C.CCNCC.CNC(C)C.CNCC(C)C. The average molecular weight is 697 g/mol. The van der Waals surface area contributed by atoms with Crippen molar-refractivity contribution in [1.82, 2.24) is 42.5 Å². The standard InChI is InChI=1S/2C6H15N.4C5H13N.2C4H11N/c1-5(2)7-6(3)4;1-3-5-7-6-4-2;1-5(2)4-6-3;1-4-5(2)6-3;1-4-6-5(2)3;1-3-4-5-6-2;1-4(2)5-3;1-3-5-4-2/h5-7H,1-4H3;7H,3-6H2,1-2H3;3*5-6H,4H2,1-3H3;6H,3-5H2,1-2H3;4-5H,1-3H3;5H,3-4H2,1-2H3. The number of unbranched alkanes of at least 4 members (excludes halogenated alkanes) is 1. The van der Waals surface area contributed by atoms with Crippen molar-refractivity contribution < 1.29 is 0 Å². The summed E-state index contributed by atoms with van der Waals surface area (Å²) in [5, 5.41) is 25.2. The normalized spacial score (nSPS) is 10.3. The van der Waals surface area contributed by atoms with E-state index in [2.05, 4.69) is 167 Å². The molecule has 0 radical (unpaired) electrons. The minimum absolute atomic E-state index is 0.625. The van der Waals surface area contributed by atoms with Crippen LogP contribution in [0, 0.1) is 5.92 Å². The third-order valence-electron chi connectivity index (χ3n) is 5.71. The Labute approximate surface area is 308 Å². The first-order valence-electron chi connectivity index (χ1n) is 20.0. The summed E-state index contributed by atoms with van der Waals surface area (Å²) in [6.07, 6.45) is 6.31. The molecule has 8 heteroatoms. The molecular weight excluding hydrogens is 592 g/mol. The first-order chi connectivity index (χ1) is 22.5. The van der Waals surface area contributed by atoms with Crippen molar-refractivity contribution in [2.24, 2.45) is 5.92 Å². The molecule has 0 aliphatic rings. The second-order valence-corrected chi connectivity index (χ2v) is 13.3. The van der Waals surface area contributed by atoms with Crippen LogP contribution in [0.25, 0.3) is 0 Å². The van der Waals surface area contributed by atoms with Crippen LogP contribution in [-0.2, 0) is 0 Å². The van der Waals surface area contributed by atoms with E-state index in [4.69, 9.17) is 0 Å². The number of hydrogen-bond donors (Lipinski definition) is 8. The summed E-state index contributed by atoms with van der Waals surface area (Å²) in [6, 6.07) is 3.22. The van der Waals surface area contributed by atoms with Crippen molar-refractivity contribution in [3.05, 3.63) is 0 Å². The van der Waals surface area contributed by atoms with E-state index in [9.17, 15) is 0 Å². The molecule has 48 heavy (non-hydrogen) atoms. The van der Waals surface area contributed by atoms with E-state index in [0.29, 0.717) is 30.2 Å². The van der Waals surface area contributed by atoms with Crippen LogP contribution < -0.4 is 42.5 Å². The van der Waals surface area contributed by atoms with Crippen molar-refractivity contribution in [2.75, 3.05) is 74.0 Å². The smallest absolute Gasteiger partial charge is 0.00331 e. The third-order valence-corrected chi connectivity index (χ3v) is 5.71. The monoisotopic (exact) mass is 697 g/mol. The zero-order valence-corrected chi connectivity index (χ0v) is 37.9. The van der Waals surface area contributed by atoms with Gasteiger partial charge in [-0.1, -0.05) is 124 Å². The number of hydrogen-bond acceptors (Lipinski definition) is 8. The molecule has 1 unspecified atom stereocenters. The Kier molecular flexibility index (Phi) is 94.3.